The van der Waals surface area contributed by atoms with Gasteiger partial charge in [0, 0.05) is 26.3 Å². The number of unbranched alkanes of at least 4 members (excludes halogenated alkanes) is 18. The highest BCUT2D eigenvalue weighted by Crippen LogP contribution is 2.10. The van der Waals surface area contributed by atoms with Crippen LogP contribution < -0.4 is 5.32 Å². The maximum Gasteiger partial charge on any atom is 0.0642 e. The van der Waals surface area contributed by atoms with Gasteiger partial charge >= 0.3 is 0 Å². The molecule has 0 aromatic carbocycles. The second kappa shape index (κ2) is 41.0. The maximum atomic E-state index is 6.08. The summed E-state index contributed by atoms with van der Waals surface area (Å²) in [6.45, 7) is 9.77. The summed E-state index contributed by atoms with van der Waals surface area (Å²) >= 11 is 0. The van der Waals surface area contributed by atoms with E-state index in [-0.39, 0.29) is 6.04 Å². The third-order valence-electron chi connectivity index (χ3n) is 8.61. The van der Waals surface area contributed by atoms with Gasteiger partial charge in [0.15, 0.2) is 0 Å². The first-order valence-electron chi connectivity index (χ1n) is 20.3. The van der Waals surface area contributed by atoms with Crippen molar-refractivity contribution in [2.24, 2.45) is 0 Å². The summed E-state index contributed by atoms with van der Waals surface area (Å²) in [7, 11) is 4.25. The largest absolute Gasteiger partial charge is 0.380 e. The van der Waals surface area contributed by atoms with Crippen molar-refractivity contribution in [3.8, 4) is 0 Å². The monoisotopic (exact) mass is 659 g/mol. The molecular formula is C43H82N2O2. The Hall–Kier alpha value is -1.20. The van der Waals surface area contributed by atoms with E-state index in [0.29, 0.717) is 0 Å². The molecule has 0 radical (unpaired) electrons. The van der Waals surface area contributed by atoms with Gasteiger partial charge < -0.3 is 19.7 Å². The molecule has 0 bridgehead atoms. The molecule has 0 aliphatic heterocycles. The quantitative estimate of drug-likeness (QED) is 0.0529. The van der Waals surface area contributed by atoms with E-state index in [0.717, 1.165) is 52.4 Å². The van der Waals surface area contributed by atoms with Crippen LogP contribution in [0.1, 0.15) is 168 Å². The fourth-order valence-electron chi connectivity index (χ4n) is 5.49. The molecule has 0 heterocycles. The van der Waals surface area contributed by atoms with E-state index in [4.69, 9.17) is 9.47 Å². The summed E-state index contributed by atoms with van der Waals surface area (Å²) in [6, 6.07) is 0.282. The molecular weight excluding hydrogens is 576 g/mol. The predicted molar refractivity (Wildman–Crippen MR) is 211 cm³/mol. The Morgan fingerprint density at radius 2 is 0.830 bits per heavy atom. The van der Waals surface area contributed by atoms with Gasteiger partial charge in [-0.05, 0) is 91.1 Å². The van der Waals surface area contributed by atoms with Gasteiger partial charge in [0.25, 0.3) is 0 Å². The highest BCUT2D eigenvalue weighted by molar-refractivity contribution is 4.93. The van der Waals surface area contributed by atoms with Crippen LogP contribution in [-0.4, -0.2) is 64.6 Å². The number of nitrogens with one attached hydrogen (secondary N) is 1. The number of rotatable bonds is 38. The lowest BCUT2D eigenvalue weighted by atomic mass is 10.1. The third-order valence-corrected chi connectivity index (χ3v) is 8.61. The van der Waals surface area contributed by atoms with Crippen LogP contribution in [0.25, 0.3) is 0 Å². The summed E-state index contributed by atoms with van der Waals surface area (Å²) < 4.78 is 12.2. The average molecular weight is 659 g/mol. The molecule has 47 heavy (non-hydrogen) atoms. The molecule has 0 aromatic rings. The Labute approximate surface area is 295 Å². The van der Waals surface area contributed by atoms with Gasteiger partial charge in [-0.15, -0.1) is 0 Å². The van der Waals surface area contributed by atoms with Gasteiger partial charge in [-0.25, -0.2) is 0 Å². The summed E-state index contributed by atoms with van der Waals surface area (Å²) in [5.74, 6) is 0. The summed E-state index contributed by atoms with van der Waals surface area (Å²) in [5.41, 5.74) is 0. The summed E-state index contributed by atoms with van der Waals surface area (Å²) in [5, 5.41) is 3.65. The smallest absolute Gasteiger partial charge is 0.0642 e. The van der Waals surface area contributed by atoms with Crippen LogP contribution in [-0.2, 0) is 9.47 Å². The number of hydrogen-bond acceptors (Lipinski definition) is 4. The third kappa shape index (κ3) is 40.9. The van der Waals surface area contributed by atoms with Gasteiger partial charge in [0.05, 0.1) is 19.3 Å². The van der Waals surface area contributed by atoms with E-state index in [1.54, 1.807) is 0 Å². The SMILES string of the molecule is CCCCCC=CCC=CCCCCCCCCOCC(COCCCCCCCCC=CCC=CCCCCC)NCCN(C)C. The van der Waals surface area contributed by atoms with Gasteiger partial charge in [-0.1, -0.05) is 140 Å². The van der Waals surface area contributed by atoms with Crippen molar-refractivity contribution in [1.82, 2.24) is 10.2 Å². The van der Waals surface area contributed by atoms with Crippen molar-refractivity contribution in [3.05, 3.63) is 48.6 Å². The molecule has 0 fully saturated rings. The van der Waals surface area contributed by atoms with Crippen molar-refractivity contribution in [2.75, 3.05) is 53.6 Å². The zero-order chi connectivity index (χ0) is 34.1. The Kier molecular flexibility index (Phi) is 39.9. The Morgan fingerprint density at radius 3 is 1.21 bits per heavy atom. The number of nitrogens with zero attached hydrogens (tertiary/aromatic N) is 1. The molecule has 0 rings (SSSR count). The Bertz CT molecular complexity index is 648. The lowest BCUT2D eigenvalue weighted by Crippen LogP contribution is -2.41. The molecule has 4 heteroatoms. The van der Waals surface area contributed by atoms with Crippen LogP contribution in [0.3, 0.4) is 0 Å². The van der Waals surface area contributed by atoms with Crippen LogP contribution in [0, 0.1) is 0 Å². The highest BCUT2D eigenvalue weighted by Gasteiger charge is 2.09. The molecule has 1 N–H and O–H groups in total. The van der Waals surface area contributed by atoms with Crippen molar-refractivity contribution >= 4 is 0 Å². The molecule has 0 aliphatic carbocycles. The van der Waals surface area contributed by atoms with Crippen molar-refractivity contribution in [3.63, 3.8) is 0 Å². The van der Waals surface area contributed by atoms with Gasteiger partial charge in [0.1, 0.15) is 0 Å². The van der Waals surface area contributed by atoms with Gasteiger partial charge in [0.2, 0.25) is 0 Å². The Balaban J connectivity index is 3.71. The maximum absolute atomic E-state index is 6.08. The Morgan fingerprint density at radius 1 is 0.468 bits per heavy atom. The molecule has 276 valence electrons. The van der Waals surface area contributed by atoms with E-state index in [2.05, 4.69) is 86.8 Å². The average Bonchev–Trinajstić information content (AvgIpc) is 3.06. The van der Waals surface area contributed by atoms with Crippen LogP contribution >= 0.6 is 0 Å². The molecule has 0 saturated carbocycles. The summed E-state index contributed by atoms with van der Waals surface area (Å²) in [6.07, 6.45) is 49.5. The molecule has 0 aliphatic rings. The van der Waals surface area contributed by atoms with Crippen LogP contribution in [0.15, 0.2) is 48.6 Å². The minimum absolute atomic E-state index is 0.282. The molecule has 0 unspecified atom stereocenters. The second-order valence-electron chi connectivity index (χ2n) is 13.8. The first-order valence-corrected chi connectivity index (χ1v) is 20.3. The first kappa shape index (κ1) is 45.8. The van der Waals surface area contributed by atoms with E-state index in [9.17, 15) is 0 Å². The fraction of sp³-hybridized carbons (Fsp3) is 0.814. The fourth-order valence-corrected chi connectivity index (χ4v) is 5.49. The minimum Gasteiger partial charge on any atom is -0.380 e. The molecule has 4 nitrogen and oxygen atoms in total. The second-order valence-corrected chi connectivity index (χ2v) is 13.8. The standard InChI is InChI=1S/C43H82N2O2/c1-5-7-9-11-13-15-17-19-21-23-25-27-29-31-33-35-39-46-41-43(44-37-38-45(3)4)42-47-40-36-34-32-30-28-26-24-22-20-18-16-14-12-10-8-6-2/h13-16,19-22,43-44H,5-12,17-18,23-42H2,1-4H3. The van der Waals surface area contributed by atoms with Crippen LogP contribution in [0.4, 0.5) is 0 Å². The molecule has 0 amide bonds. The lowest BCUT2D eigenvalue weighted by molar-refractivity contribution is 0.0524. The van der Waals surface area contributed by atoms with Gasteiger partial charge in [-0.2, -0.15) is 0 Å². The van der Waals surface area contributed by atoms with Crippen molar-refractivity contribution in [1.29, 1.82) is 0 Å². The molecule has 0 spiro atoms. The normalized spacial score (nSPS) is 13.1. The van der Waals surface area contributed by atoms with Gasteiger partial charge in [-0.3, -0.25) is 0 Å². The molecule has 0 saturated heterocycles. The van der Waals surface area contributed by atoms with E-state index >= 15 is 0 Å². The predicted octanol–water partition coefficient (Wildman–Crippen LogP) is 12.2. The number of ether oxygens (including phenoxy) is 2. The highest BCUT2D eigenvalue weighted by atomic mass is 16.5. The number of allylic oxidation sites excluding steroid dienone is 8. The van der Waals surface area contributed by atoms with Crippen molar-refractivity contribution in [2.45, 2.75) is 174 Å². The van der Waals surface area contributed by atoms with Crippen LogP contribution in [0.5, 0.6) is 0 Å². The number of hydrogen-bond donors (Lipinski definition) is 1. The van der Waals surface area contributed by atoms with E-state index in [1.165, 1.54) is 141 Å². The molecule has 0 atom stereocenters. The van der Waals surface area contributed by atoms with E-state index < -0.39 is 0 Å². The molecule has 0 aromatic heterocycles. The number of likely N-dealkylation sites (N-methyl/N-ethyl adjacent to an activating group) is 1. The van der Waals surface area contributed by atoms with E-state index in [1.807, 2.05) is 0 Å². The zero-order valence-electron chi connectivity index (χ0n) is 32.2. The minimum atomic E-state index is 0.282. The topological polar surface area (TPSA) is 33.7 Å². The lowest BCUT2D eigenvalue weighted by Gasteiger charge is -2.20. The summed E-state index contributed by atoms with van der Waals surface area (Å²) in [4.78, 5) is 2.22. The first-order chi connectivity index (χ1) is 23.2. The zero-order valence-corrected chi connectivity index (χ0v) is 32.2. The van der Waals surface area contributed by atoms with Crippen LogP contribution in [0.2, 0.25) is 0 Å². The van der Waals surface area contributed by atoms with Crippen molar-refractivity contribution < 1.29 is 9.47 Å².